The fourth-order valence-corrected chi connectivity index (χ4v) is 1.83. The number of anilines is 2. The van der Waals surface area contributed by atoms with Gasteiger partial charge in [-0.15, -0.1) is 0 Å². The van der Waals surface area contributed by atoms with E-state index >= 15 is 0 Å². The highest BCUT2D eigenvalue weighted by atomic mass is 16.5. The van der Waals surface area contributed by atoms with Gasteiger partial charge in [0.1, 0.15) is 0 Å². The van der Waals surface area contributed by atoms with E-state index in [-0.39, 0.29) is 18.0 Å². The highest BCUT2D eigenvalue weighted by molar-refractivity contribution is 5.77. The molecular formula is C12H20N6O2. The molecule has 2 heterocycles. The molecule has 110 valence electrons. The predicted molar refractivity (Wildman–Crippen MR) is 75.0 cm³/mol. The fourth-order valence-electron chi connectivity index (χ4n) is 1.83. The van der Waals surface area contributed by atoms with Crippen LogP contribution in [0.3, 0.4) is 0 Å². The smallest absolute Gasteiger partial charge is 0.323 e. The van der Waals surface area contributed by atoms with Crippen molar-refractivity contribution in [3.63, 3.8) is 0 Å². The third-order valence-corrected chi connectivity index (χ3v) is 2.76. The van der Waals surface area contributed by atoms with Gasteiger partial charge in [0.05, 0.1) is 6.10 Å². The lowest BCUT2D eigenvalue weighted by Gasteiger charge is -2.20. The standard InChI is InChI=1S/C12H20N6O2/c1-8(2)20-12-16-10(13-3)15-11(17-12)18-6-4-9(19)14-5-7-18/h8H,4-7H2,1-3H3,(H,14,19)(H,13,15,16,17). The quantitative estimate of drug-likeness (QED) is 0.803. The Morgan fingerprint density at radius 2 is 2.10 bits per heavy atom. The first-order chi connectivity index (χ1) is 9.58. The molecule has 0 atom stereocenters. The number of ether oxygens (including phenoxy) is 1. The number of rotatable bonds is 4. The van der Waals surface area contributed by atoms with Gasteiger partial charge in [-0.3, -0.25) is 4.79 Å². The number of nitrogens with zero attached hydrogens (tertiary/aromatic N) is 4. The van der Waals surface area contributed by atoms with Crippen LogP contribution in [0.25, 0.3) is 0 Å². The minimum Gasteiger partial charge on any atom is -0.461 e. The van der Waals surface area contributed by atoms with Gasteiger partial charge in [0.2, 0.25) is 17.8 Å². The number of nitrogens with one attached hydrogen (secondary N) is 2. The molecule has 1 saturated heterocycles. The first-order valence-electron chi connectivity index (χ1n) is 6.70. The van der Waals surface area contributed by atoms with Crippen molar-refractivity contribution in [2.45, 2.75) is 26.4 Å². The van der Waals surface area contributed by atoms with Crippen molar-refractivity contribution in [2.24, 2.45) is 0 Å². The number of carbonyl (C=O) groups excluding carboxylic acids is 1. The van der Waals surface area contributed by atoms with Crippen molar-refractivity contribution in [1.82, 2.24) is 20.3 Å². The van der Waals surface area contributed by atoms with Crippen LogP contribution in [-0.4, -0.2) is 53.6 Å². The number of carbonyl (C=O) groups is 1. The van der Waals surface area contributed by atoms with Crippen LogP contribution in [0, 0.1) is 0 Å². The first-order valence-corrected chi connectivity index (χ1v) is 6.70. The minimum atomic E-state index is -0.0117. The maximum Gasteiger partial charge on any atom is 0.323 e. The van der Waals surface area contributed by atoms with E-state index in [0.29, 0.717) is 38.0 Å². The van der Waals surface area contributed by atoms with Crippen LogP contribution in [0.2, 0.25) is 0 Å². The molecule has 8 nitrogen and oxygen atoms in total. The van der Waals surface area contributed by atoms with Crippen LogP contribution in [0.5, 0.6) is 6.01 Å². The molecule has 20 heavy (non-hydrogen) atoms. The Balaban J connectivity index is 2.22. The van der Waals surface area contributed by atoms with Gasteiger partial charge in [-0.1, -0.05) is 0 Å². The second kappa shape index (κ2) is 6.36. The van der Waals surface area contributed by atoms with Crippen LogP contribution in [0.15, 0.2) is 0 Å². The third kappa shape index (κ3) is 3.69. The van der Waals surface area contributed by atoms with Crippen LogP contribution < -0.4 is 20.3 Å². The number of hydrogen-bond donors (Lipinski definition) is 2. The van der Waals surface area contributed by atoms with E-state index < -0.39 is 0 Å². The largest absolute Gasteiger partial charge is 0.461 e. The van der Waals surface area contributed by atoms with Gasteiger partial charge in [-0.2, -0.15) is 15.0 Å². The average Bonchev–Trinajstić information content (AvgIpc) is 2.62. The predicted octanol–water partition coefficient (Wildman–Crippen LogP) is 0.0268. The molecule has 1 aliphatic rings. The highest BCUT2D eigenvalue weighted by Gasteiger charge is 2.18. The molecule has 1 amide bonds. The molecule has 1 aliphatic heterocycles. The van der Waals surface area contributed by atoms with Crippen molar-refractivity contribution >= 4 is 17.8 Å². The zero-order chi connectivity index (χ0) is 14.5. The SMILES string of the molecule is CNc1nc(OC(C)C)nc(N2CCNC(=O)CC2)n1. The summed E-state index contributed by atoms with van der Waals surface area (Å²) in [6.45, 7) is 5.66. The molecule has 0 radical (unpaired) electrons. The third-order valence-electron chi connectivity index (χ3n) is 2.76. The topological polar surface area (TPSA) is 92.3 Å². The van der Waals surface area contributed by atoms with Crippen molar-refractivity contribution in [3.8, 4) is 6.01 Å². The lowest BCUT2D eigenvalue weighted by atomic mass is 10.4. The zero-order valence-corrected chi connectivity index (χ0v) is 12.0. The van der Waals surface area contributed by atoms with E-state index in [1.165, 1.54) is 0 Å². The average molecular weight is 280 g/mol. The summed E-state index contributed by atoms with van der Waals surface area (Å²) in [5.74, 6) is 1.03. The van der Waals surface area contributed by atoms with Crippen molar-refractivity contribution < 1.29 is 9.53 Å². The van der Waals surface area contributed by atoms with Gasteiger partial charge in [-0.25, -0.2) is 0 Å². The van der Waals surface area contributed by atoms with Gasteiger partial charge in [0, 0.05) is 33.1 Å². The summed E-state index contributed by atoms with van der Waals surface area (Å²) in [5.41, 5.74) is 0. The molecule has 0 bridgehead atoms. The van der Waals surface area contributed by atoms with Crippen LogP contribution in [0.4, 0.5) is 11.9 Å². The summed E-state index contributed by atoms with van der Waals surface area (Å²) >= 11 is 0. The van der Waals surface area contributed by atoms with Crippen molar-refractivity contribution in [3.05, 3.63) is 0 Å². The van der Waals surface area contributed by atoms with Crippen LogP contribution in [-0.2, 0) is 4.79 Å². The zero-order valence-electron chi connectivity index (χ0n) is 12.0. The number of aromatic nitrogens is 3. The van der Waals surface area contributed by atoms with E-state index in [0.717, 1.165) is 0 Å². The first kappa shape index (κ1) is 14.3. The molecular weight excluding hydrogens is 260 g/mol. The van der Waals surface area contributed by atoms with E-state index in [1.54, 1.807) is 7.05 Å². The normalized spacial score (nSPS) is 15.8. The summed E-state index contributed by atoms with van der Waals surface area (Å²) in [7, 11) is 1.74. The second-order valence-corrected chi connectivity index (χ2v) is 4.75. The van der Waals surface area contributed by atoms with Crippen molar-refractivity contribution in [1.29, 1.82) is 0 Å². The van der Waals surface area contributed by atoms with Gasteiger partial charge >= 0.3 is 6.01 Å². The Hall–Kier alpha value is -2.12. The Kier molecular flexibility index (Phi) is 4.54. The highest BCUT2D eigenvalue weighted by Crippen LogP contribution is 2.16. The second-order valence-electron chi connectivity index (χ2n) is 4.75. The lowest BCUT2D eigenvalue weighted by Crippen LogP contribution is -2.30. The molecule has 0 aliphatic carbocycles. The van der Waals surface area contributed by atoms with Gasteiger partial charge < -0.3 is 20.3 Å². The van der Waals surface area contributed by atoms with E-state index in [9.17, 15) is 4.79 Å². The summed E-state index contributed by atoms with van der Waals surface area (Å²) in [4.78, 5) is 26.1. The summed E-state index contributed by atoms with van der Waals surface area (Å²) in [6.07, 6.45) is 0.420. The molecule has 0 saturated carbocycles. The minimum absolute atomic E-state index is 0.0117. The summed E-state index contributed by atoms with van der Waals surface area (Å²) < 4.78 is 5.53. The Morgan fingerprint density at radius 3 is 2.80 bits per heavy atom. The molecule has 0 aromatic carbocycles. The van der Waals surface area contributed by atoms with Gasteiger partial charge in [-0.05, 0) is 13.8 Å². The Labute approximate surface area is 118 Å². The van der Waals surface area contributed by atoms with Crippen LogP contribution >= 0.6 is 0 Å². The summed E-state index contributed by atoms with van der Waals surface area (Å²) in [5, 5.41) is 5.71. The molecule has 0 unspecified atom stereocenters. The number of amides is 1. The lowest BCUT2D eigenvalue weighted by molar-refractivity contribution is -0.120. The maximum absolute atomic E-state index is 11.4. The van der Waals surface area contributed by atoms with E-state index in [4.69, 9.17) is 4.74 Å². The molecule has 2 rings (SSSR count). The molecule has 1 fully saturated rings. The van der Waals surface area contributed by atoms with Gasteiger partial charge in [0.25, 0.3) is 0 Å². The fraction of sp³-hybridized carbons (Fsp3) is 0.667. The van der Waals surface area contributed by atoms with E-state index in [2.05, 4.69) is 25.6 Å². The molecule has 8 heteroatoms. The molecule has 0 spiro atoms. The Bertz CT molecular complexity index is 479. The van der Waals surface area contributed by atoms with Crippen molar-refractivity contribution in [2.75, 3.05) is 36.9 Å². The monoisotopic (exact) mass is 280 g/mol. The maximum atomic E-state index is 11.4. The molecule has 2 N–H and O–H groups in total. The Morgan fingerprint density at radius 1 is 1.30 bits per heavy atom. The van der Waals surface area contributed by atoms with E-state index in [1.807, 2.05) is 18.7 Å². The van der Waals surface area contributed by atoms with Gasteiger partial charge in [0.15, 0.2) is 0 Å². The van der Waals surface area contributed by atoms with Crippen LogP contribution in [0.1, 0.15) is 20.3 Å². The molecule has 1 aromatic rings. The summed E-state index contributed by atoms with van der Waals surface area (Å²) in [6, 6.07) is 0.290. The number of hydrogen-bond acceptors (Lipinski definition) is 7. The molecule has 1 aromatic heterocycles.